The molecule has 0 aromatic heterocycles. The van der Waals surface area contributed by atoms with Crippen LogP contribution in [-0.4, -0.2) is 64.6 Å². The van der Waals surface area contributed by atoms with Crippen LogP contribution in [0.15, 0.2) is 24.3 Å². The number of aliphatic hydroxyl groups is 3. The first-order chi connectivity index (χ1) is 13.6. The topological polar surface area (TPSA) is 123 Å². The van der Waals surface area contributed by atoms with Crippen molar-refractivity contribution in [1.82, 2.24) is 0 Å². The molecule has 0 spiro atoms. The summed E-state index contributed by atoms with van der Waals surface area (Å²) in [5, 5.41) is 30.0. The molecule has 0 unspecified atom stereocenters. The first-order valence-electron chi connectivity index (χ1n) is 9.81. The summed E-state index contributed by atoms with van der Waals surface area (Å²) in [7, 11) is 0. The van der Waals surface area contributed by atoms with E-state index in [1.165, 1.54) is 0 Å². The quantitative estimate of drug-likeness (QED) is 0.567. The van der Waals surface area contributed by atoms with Gasteiger partial charge >= 0.3 is 11.9 Å². The van der Waals surface area contributed by atoms with Crippen molar-refractivity contribution in [3.63, 3.8) is 0 Å². The summed E-state index contributed by atoms with van der Waals surface area (Å²) in [6.07, 6.45) is -7.40. The van der Waals surface area contributed by atoms with Gasteiger partial charge in [-0.1, -0.05) is 38.1 Å². The van der Waals surface area contributed by atoms with Crippen molar-refractivity contribution in [3.05, 3.63) is 35.4 Å². The Bertz CT molecular complexity index is 686. The second kappa shape index (κ2) is 10.2. The Kier molecular flexibility index (Phi) is 8.15. The highest BCUT2D eigenvalue weighted by Crippen LogP contribution is 2.26. The molecule has 1 aliphatic rings. The molecule has 1 aromatic rings. The van der Waals surface area contributed by atoms with Crippen molar-refractivity contribution in [3.8, 4) is 0 Å². The SMILES string of the molecule is CCOC(=O)[C@H]1O[C@@H](OC(=O)[C@H](C)c2ccc(CC(C)C)cc2)[C@H](O)[C@@H](O)[C@@H]1O. The van der Waals surface area contributed by atoms with Crippen LogP contribution in [0.5, 0.6) is 0 Å². The predicted octanol–water partition coefficient (Wildman–Crippen LogP) is 0.902. The van der Waals surface area contributed by atoms with E-state index in [0.717, 1.165) is 17.5 Å². The minimum Gasteiger partial charge on any atom is -0.464 e. The van der Waals surface area contributed by atoms with Gasteiger partial charge < -0.3 is 29.5 Å². The molecule has 1 saturated heterocycles. The number of ether oxygens (including phenoxy) is 3. The van der Waals surface area contributed by atoms with Crippen LogP contribution in [0, 0.1) is 5.92 Å². The van der Waals surface area contributed by atoms with Crippen LogP contribution in [0.1, 0.15) is 44.7 Å². The third-order valence-electron chi connectivity index (χ3n) is 4.80. The maximum atomic E-state index is 12.5. The van der Waals surface area contributed by atoms with Gasteiger partial charge in [0.2, 0.25) is 6.29 Å². The Morgan fingerprint density at radius 2 is 1.66 bits per heavy atom. The molecule has 8 heteroatoms. The monoisotopic (exact) mass is 410 g/mol. The molecular weight excluding hydrogens is 380 g/mol. The maximum Gasteiger partial charge on any atom is 0.338 e. The van der Waals surface area contributed by atoms with Crippen molar-refractivity contribution >= 4 is 11.9 Å². The molecule has 6 atom stereocenters. The average Bonchev–Trinajstić information content (AvgIpc) is 2.68. The van der Waals surface area contributed by atoms with E-state index in [4.69, 9.17) is 14.2 Å². The molecule has 1 heterocycles. The van der Waals surface area contributed by atoms with Gasteiger partial charge in [0, 0.05) is 0 Å². The number of hydrogen-bond acceptors (Lipinski definition) is 8. The number of carbonyl (C=O) groups excluding carboxylic acids is 2. The molecule has 3 N–H and O–H groups in total. The van der Waals surface area contributed by atoms with E-state index >= 15 is 0 Å². The molecule has 0 aliphatic carbocycles. The molecule has 8 nitrogen and oxygen atoms in total. The van der Waals surface area contributed by atoms with E-state index in [1.54, 1.807) is 13.8 Å². The number of rotatable bonds is 7. The predicted molar refractivity (Wildman–Crippen MR) is 103 cm³/mol. The lowest BCUT2D eigenvalue weighted by molar-refractivity contribution is -0.287. The van der Waals surface area contributed by atoms with Crippen LogP contribution < -0.4 is 0 Å². The fraction of sp³-hybridized carbons (Fsp3) is 0.619. The van der Waals surface area contributed by atoms with E-state index in [9.17, 15) is 24.9 Å². The Hall–Kier alpha value is -2.00. The summed E-state index contributed by atoms with van der Waals surface area (Å²) >= 11 is 0. The van der Waals surface area contributed by atoms with Gasteiger partial charge in [0.1, 0.15) is 18.3 Å². The summed E-state index contributed by atoms with van der Waals surface area (Å²) in [6, 6.07) is 7.56. The Labute approximate surface area is 170 Å². The van der Waals surface area contributed by atoms with Crippen LogP contribution in [0.4, 0.5) is 0 Å². The standard InChI is InChI=1S/C21H30O8/c1-5-27-20(26)18-16(23)15(22)17(24)21(28-18)29-19(25)12(4)14-8-6-13(7-9-14)10-11(2)3/h6-9,11-12,15-18,21-24H,5,10H2,1-4H3/t12-,15+,16+,17-,18+,21+/m1/s1. The van der Waals surface area contributed by atoms with Gasteiger partial charge in [-0.2, -0.15) is 0 Å². The molecule has 1 aliphatic heterocycles. The Morgan fingerprint density at radius 1 is 1.03 bits per heavy atom. The van der Waals surface area contributed by atoms with E-state index < -0.39 is 48.6 Å². The largest absolute Gasteiger partial charge is 0.464 e. The summed E-state index contributed by atoms with van der Waals surface area (Å²) < 4.78 is 15.2. The van der Waals surface area contributed by atoms with E-state index in [-0.39, 0.29) is 6.61 Å². The summed E-state index contributed by atoms with van der Waals surface area (Å²) in [6.45, 7) is 7.50. The number of carbonyl (C=O) groups is 2. The second-order valence-corrected chi connectivity index (χ2v) is 7.65. The van der Waals surface area contributed by atoms with E-state index in [0.29, 0.717) is 5.92 Å². The smallest absolute Gasteiger partial charge is 0.338 e. The number of esters is 2. The zero-order chi connectivity index (χ0) is 21.7. The second-order valence-electron chi connectivity index (χ2n) is 7.65. The van der Waals surface area contributed by atoms with E-state index in [2.05, 4.69) is 13.8 Å². The van der Waals surface area contributed by atoms with Crippen molar-refractivity contribution in [1.29, 1.82) is 0 Å². The molecule has 0 bridgehead atoms. The van der Waals surface area contributed by atoms with Gasteiger partial charge in [-0.15, -0.1) is 0 Å². The molecule has 2 rings (SSSR count). The molecule has 1 aromatic carbocycles. The van der Waals surface area contributed by atoms with Gasteiger partial charge in [0.05, 0.1) is 12.5 Å². The lowest BCUT2D eigenvalue weighted by Gasteiger charge is -2.38. The molecule has 0 radical (unpaired) electrons. The van der Waals surface area contributed by atoms with Gasteiger partial charge in [-0.25, -0.2) is 4.79 Å². The van der Waals surface area contributed by atoms with Crippen LogP contribution in [-0.2, 0) is 30.2 Å². The van der Waals surface area contributed by atoms with Crippen LogP contribution in [0.25, 0.3) is 0 Å². The lowest BCUT2D eigenvalue weighted by atomic mass is 9.96. The molecule has 0 amide bonds. The number of benzene rings is 1. The van der Waals surface area contributed by atoms with E-state index in [1.807, 2.05) is 24.3 Å². The number of hydrogen-bond donors (Lipinski definition) is 3. The molecular formula is C21H30O8. The van der Waals surface area contributed by atoms with Gasteiger partial charge in [-0.3, -0.25) is 4.79 Å². The van der Waals surface area contributed by atoms with Gasteiger partial charge in [-0.05, 0) is 37.3 Å². The zero-order valence-electron chi connectivity index (χ0n) is 17.1. The minimum absolute atomic E-state index is 0.0400. The normalized spacial score (nSPS) is 28.1. The zero-order valence-corrected chi connectivity index (χ0v) is 17.1. The third-order valence-corrected chi connectivity index (χ3v) is 4.80. The Balaban J connectivity index is 2.06. The Morgan fingerprint density at radius 3 is 2.21 bits per heavy atom. The summed E-state index contributed by atoms with van der Waals surface area (Å²) in [4.78, 5) is 24.5. The fourth-order valence-corrected chi connectivity index (χ4v) is 3.13. The maximum absolute atomic E-state index is 12.5. The third kappa shape index (κ3) is 5.76. The summed E-state index contributed by atoms with van der Waals surface area (Å²) in [5.41, 5.74) is 1.88. The van der Waals surface area contributed by atoms with Crippen molar-refractivity contribution in [2.75, 3.05) is 6.61 Å². The van der Waals surface area contributed by atoms with Crippen LogP contribution in [0.2, 0.25) is 0 Å². The minimum atomic E-state index is -1.73. The van der Waals surface area contributed by atoms with Crippen molar-refractivity contribution < 1.29 is 39.1 Å². The number of aliphatic hydroxyl groups excluding tert-OH is 3. The highest BCUT2D eigenvalue weighted by molar-refractivity contribution is 5.78. The van der Waals surface area contributed by atoms with Crippen LogP contribution in [0.3, 0.4) is 0 Å². The highest BCUT2D eigenvalue weighted by atomic mass is 16.7. The molecule has 29 heavy (non-hydrogen) atoms. The first kappa shape index (κ1) is 23.3. The fourth-order valence-electron chi connectivity index (χ4n) is 3.13. The lowest BCUT2D eigenvalue weighted by Crippen LogP contribution is -2.61. The van der Waals surface area contributed by atoms with Crippen molar-refractivity contribution in [2.24, 2.45) is 5.92 Å². The summed E-state index contributed by atoms with van der Waals surface area (Å²) in [5.74, 6) is -1.76. The van der Waals surface area contributed by atoms with Crippen LogP contribution >= 0.6 is 0 Å². The van der Waals surface area contributed by atoms with Gasteiger partial charge in [0.15, 0.2) is 6.10 Å². The first-order valence-corrected chi connectivity index (χ1v) is 9.81. The van der Waals surface area contributed by atoms with Crippen molar-refractivity contribution in [2.45, 2.75) is 70.7 Å². The van der Waals surface area contributed by atoms with Gasteiger partial charge in [0.25, 0.3) is 0 Å². The average molecular weight is 410 g/mol. The molecule has 1 fully saturated rings. The molecule has 162 valence electrons. The molecule has 0 saturated carbocycles. The highest BCUT2D eigenvalue weighted by Gasteiger charge is 2.49.